The number of benzene rings is 4. The fraction of sp³-hybridized carbons (Fsp3) is 0.0667. The molecule has 12 heteroatoms. The lowest BCUT2D eigenvalue weighted by atomic mass is 10.1. The first-order valence-corrected chi connectivity index (χ1v) is 12.7. The standard InChI is InChI=1S/C30H23ClN4O7/c1-18-5-3-6-20(15-18)28(36)33-23-12-9-19(10-13-23)29(37)34-32-17-21-7-4-8-25(35(39)40)27(21)42-30(38)24-16-22(31)11-14-26(24)41-2/h3-17H,1-2H3,(H,33,36)(H,34,37)/b32-17+. The van der Waals surface area contributed by atoms with Gasteiger partial charge in [-0.25, -0.2) is 10.2 Å². The Morgan fingerprint density at radius 1 is 0.929 bits per heavy atom. The zero-order chi connectivity index (χ0) is 30.2. The molecular weight excluding hydrogens is 564 g/mol. The van der Waals surface area contributed by atoms with Crippen LogP contribution in [-0.4, -0.2) is 36.0 Å². The van der Waals surface area contributed by atoms with E-state index in [-0.39, 0.29) is 39.1 Å². The van der Waals surface area contributed by atoms with E-state index in [1.54, 1.807) is 30.3 Å². The summed E-state index contributed by atoms with van der Waals surface area (Å²) >= 11 is 5.99. The number of carbonyl (C=O) groups excluding carboxylic acids is 3. The molecule has 212 valence electrons. The average molecular weight is 587 g/mol. The molecule has 0 unspecified atom stereocenters. The Morgan fingerprint density at radius 3 is 2.36 bits per heavy atom. The van der Waals surface area contributed by atoms with Crippen molar-refractivity contribution in [1.29, 1.82) is 0 Å². The van der Waals surface area contributed by atoms with Crippen molar-refractivity contribution in [3.8, 4) is 11.5 Å². The first kappa shape index (κ1) is 29.4. The fourth-order valence-corrected chi connectivity index (χ4v) is 3.98. The third kappa shape index (κ3) is 7.14. The van der Waals surface area contributed by atoms with Gasteiger partial charge in [-0.1, -0.05) is 35.4 Å². The first-order chi connectivity index (χ1) is 20.2. The molecule has 0 fully saturated rings. The quantitative estimate of drug-likeness (QED) is 0.0827. The molecule has 0 atom stereocenters. The van der Waals surface area contributed by atoms with Crippen LogP contribution in [0.2, 0.25) is 5.02 Å². The Balaban J connectivity index is 1.47. The van der Waals surface area contributed by atoms with Gasteiger partial charge >= 0.3 is 11.7 Å². The number of nitrogens with one attached hydrogen (secondary N) is 2. The Labute approximate surface area is 244 Å². The lowest BCUT2D eigenvalue weighted by molar-refractivity contribution is -0.385. The first-order valence-electron chi connectivity index (χ1n) is 12.3. The van der Waals surface area contributed by atoms with Crippen molar-refractivity contribution in [2.75, 3.05) is 12.4 Å². The minimum absolute atomic E-state index is 0.0436. The van der Waals surface area contributed by atoms with Crippen molar-refractivity contribution >= 4 is 47.0 Å². The fourth-order valence-electron chi connectivity index (χ4n) is 3.81. The van der Waals surface area contributed by atoms with Crippen molar-refractivity contribution in [2.45, 2.75) is 6.92 Å². The number of nitro benzene ring substituents is 1. The third-order valence-corrected chi connectivity index (χ3v) is 6.09. The van der Waals surface area contributed by atoms with Gasteiger partial charge in [0.15, 0.2) is 0 Å². The number of esters is 1. The van der Waals surface area contributed by atoms with E-state index in [0.29, 0.717) is 11.3 Å². The number of halogens is 1. The maximum atomic E-state index is 12.9. The van der Waals surface area contributed by atoms with E-state index in [0.717, 1.165) is 17.8 Å². The molecule has 2 N–H and O–H groups in total. The predicted octanol–water partition coefficient (Wildman–Crippen LogP) is 5.80. The van der Waals surface area contributed by atoms with E-state index in [9.17, 15) is 24.5 Å². The number of nitrogens with zero attached hydrogens (tertiary/aromatic N) is 2. The maximum Gasteiger partial charge on any atom is 0.347 e. The van der Waals surface area contributed by atoms with E-state index in [1.807, 2.05) is 13.0 Å². The number of methoxy groups -OCH3 is 1. The smallest absolute Gasteiger partial charge is 0.347 e. The summed E-state index contributed by atoms with van der Waals surface area (Å²) in [6.07, 6.45) is 1.11. The van der Waals surface area contributed by atoms with Gasteiger partial charge in [0, 0.05) is 33.5 Å². The monoisotopic (exact) mass is 586 g/mol. The number of amides is 2. The van der Waals surface area contributed by atoms with E-state index in [4.69, 9.17) is 21.1 Å². The Kier molecular flexibility index (Phi) is 9.25. The molecule has 0 saturated carbocycles. The molecule has 0 aliphatic rings. The summed E-state index contributed by atoms with van der Waals surface area (Å²) in [5.41, 5.74) is 4.01. The normalized spacial score (nSPS) is 10.6. The third-order valence-electron chi connectivity index (χ3n) is 5.85. The van der Waals surface area contributed by atoms with Gasteiger partial charge in [0.25, 0.3) is 11.8 Å². The summed E-state index contributed by atoms with van der Waals surface area (Å²) in [5.74, 6) is -2.05. The van der Waals surface area contributed by atoms with Gasteiger partial charge in [0.2, 0.25) is 5.75 Å². The van der Waals surface area contributed by atoms with Gasteiger partial charge in [-0.05, 0) is 67.6 Å². The van der Waals surface area contributed by atoms with Gasteiger partial charge in [0.05, 0.1) is 18.2 Å². The molecule has 0 bridgehead atoms. The number of hydrogen-bond acceptors (Lipinski definition) is 8. The Bertz CT molecular complexity index is 1700. The van der Waals surface area contributed by atoms with Crippen LogP contribution in [0.3, 0.4) is 0 Å². The molecular formula is C30H23ClN4O7. The van der Waals surface area contributed by atoms with Crippen molar-refractivity contribution in [2.24, 2.45) is 5.10 Å². The molecule has 0 heterocycles. The second-order valence-corrected chi connectivity index (χ2v) is 9.22. The topological polar surface area (TPSA) is 149 Å². The van der Waals surface area contributed by atoms with Gasteiger partial charge in [-0.2, -0.15) is 5.10 Å². The number of nitro groups is 1. The SMILES string of the molecule is COc1ccc(Cl)cc1C(=O)Oc1c(/C=N/NC(=O)c2ccc(NC(=O)c3cccc(C)c3)cc2)cccc1[N+](=O)[O-]. The lowest BCUT2D eigenvalue weighted by Crippen LogP contribution is -2.18. The second kappa shape index (κ2) is 13.2. The van der Waals surface area contributed by atoms with Gasteiger partial charge < -0.3 is 14.8 Å². The van der Waals surface area contributed by atoms with Crippen LogP contribution in [0.5, 0.6) is 11.5 Å². The lowest BCUT2D eigenvalue weighted by Gasteiger charge is -2.11. The zero-order valence-corrected chi connectivity index (χ0v) is 23.0. The molecule has 42 heavy (non-hydrogen) atoms. The van der Waals surface area contributed by atoms with Crippen LogP contribution in [0, 0.1) is 17.0 Å². The summed E-state index contributed by atoms with van der Waals surface area (Å²) in [5, 5.41) is 18.5. The molecule has 11 nitrogen and oxygen atoms in total. The summed E-state index contributed by atoms with van der Waals surface area (Å²) < 4.78 is 10.6. The number of rotatable bonds is 9. The van der Waals surface area contributed by atoms with Gasteiger partial charge in [0.1, 0.15) is 11.3 Å². The average Bonchev–Trinajstić information content (AvgIpc) is 2.98. The minimum atomic E-state index is -0.947. The van der Waals surface area contributed by atoms with Crippen molar-refractivity contribution in [3.05, 3.63) is 128 Å². The van der Waals surface area contributed by atoms with E-state index < -0.39 is 22.5 Å². The second-order valence-electron chi connectivity index (χ2n) is 8.79. The van der Waals surface area contributed by atoms with Crippen molar-refractivity contribution in [3.63, 3.8) is 0 Å². The summed E-state index contributed by atoms with van der Waals surface area (Å²) in [6, 6.07) is 21.5. The zero-order valence-electron chi connectivity index (χ0n) is 22.3. The van der Waals surface area contributed by atoms with E-state index in [2.05, 4.69) is 15.8 Å². The molecule has 2 amide bonds. The number of hydrogen-bond donors (Lipinski definition) is 2. The highest BCUT2D eigenvalue weighted by molar-refractivity contribution is 6.31. The Hall–Kier alpha value is -5.55. The highest BCUT2D eigenvalue weighted by atomic mass is 35.5. The largest absolute Gasteiger partial charge is 0.496 e. The number of aryl methyl sites for hydroxylation is 1. The summed E-state index contributed by atoms with van der Waals surface area (Å²) in [7, 11) is 1.35. The minimum Gasteiger partial charge on any atom is -0.496 e. The number of carbonyl (C=O) groups is 3. The van der Waals surface area contributed by atoms with Crippen LogP contribution in [0.25, 0.3) is 0 Å². The van der Waals surface area contributed by atoms with Crippen molar-refractivity contribution in [1.82, 2.24) is 5.43 Å². The molecule has 4 aromatic carbocycles. The van der Waals surface area contributed by atoms with Crippen LogP contribution in [0.15, 0.2) is 90.0 Å². The summed E-state index contributed by atoms with van der Waals surface area (Å²) in [4.78, 5) is 48.9. The molecule has 0 radical (unpaired) electrons. The van der Waals surface area contributed by atoms with Crippen molar-refractivity contribution < 1.29 is 28.8 Å². The number of para-hydroxylation sites is 1. The molecule has 0 aromatic heterocycles. The van der Waals surface area contributed by atoms with Crippen LogP contribution in [0.4, 0.5) is 11.4 Å². The van der Waals surface area contributed by atoms with Crippen LogP contribution in [0.1, 0.15) is 42.2 Å². The molecule has 0 aliphatic carbocycles. The molecule has 4 rings (SSSR count). The molecule has 0 aliphatic heterocycles. The Morgan fingerprint density at radius 2 is 1.67 bits per heavy atom. The number of ether oxygens (including phenoxy) is 2. The summed E-state index contributed by atoms with van der Waals surface area (Å²) in [6.45, 7) is 1.89. The maximum absolute atomic E-state index is 12.9. The molecule has 4 aromatic rings. The van der Waals surface area contributed by atoms with E-state index >= 15 is 0 Å². The number of hydrazone groups is 1. The van der Waals surface area contributed by atoms with Crippen LogP contribution < -0.4 is 20.2 Å². The van der Waals surface area contributed by atoms with Gasteiger partial charge in [-0.15, -0.1) is 0 Å². The number of anilines is 1. The predicted molar refractivity (Wildman–Crippen MR) is 157 cm³/mol. The van der Waals surface area contributed by atoms with Gasteiger partial charge in [-0.3, -0.25) is 19.7 Å². The van der Waals surface area contributed by atoms with E-state index in [1.165, 1.54) is 49.6 Å². The van der Waals surface area contributed by atoms with Crippen LogP contribution in [-0.2, 0) is 0 Å². The highest BCUT2D eigenvalue weighted by Gasteiger charge is 2.24. The highest BCUT2D eigenvalue weighted by Crippen LogP contribution is 2.32. The molecule has 0 spiro atoms. The van der Waals surface area contributed by atoms with Crippen LogP contribution >= 0.6 is 11.6 Å². The molecule has 0 saturated heterocycles.